The number of methoxy groups -OCH3 is 2. The van der Waals surface area contributed by atoms with E-state index in [2.05, 4.69) is 0 Å². The van der Waals surface area contributed by atoms with E-state index in [1.165, 1.54) is 14.2 Å². The molecule has 0 aromatic heterocycles. The summed E-state index contributed by atoms with van der Waals surface area (Å²) in [7, 11) is 2.89. The Morgan fingerprint density at radius 3 is 2.39 bits per heavy atom. The first-order chi connectivity index (χ1) is 15.1. The average molecular weight is 427 g/mol. The highest BCUT2D eigenvalue weighted by molar-refractivity contribution is 5.98. The number of nitrogens with zero attached hydrogens (tertiary/aromatic N) is 1. The molecule has 162 valence electrons. The largest absolute Gasteiger partial charge is 0.502 e. The number of fused-ring (bicyclic) bond motifs is 2. The van der Waals surface area contributed by atoms with Crippen molar-refractivity contribution in [2.75, 3.05) is 45.7 Å². The van der Waals surface area contributed by atoms with E-state index in [1.54, 1.807) is 12.1 Å². The number of esters is 1. The Hall–Kier alpha value is -3.59. The molecule has 0 saturated carbocycles. The van der Waals surface area contributed by atoms with Crippen molar-refractivity contribution in [1.82, 2.24) is 0 Å². The fraction of sp³-hybridized carbons (Fsp3) is 0.318. The van der Waals surface area contributed by atoms with Crippen molar-refractivity contribution in [2.24, 2.45) is 0 Å². The predicted molar refractivity (Wildman–Crippen MR) is 108 cm³/mol. The number of cyclic esters (lactones) is 1. The summed E-state index contributed by atoms with van der Waals surface area (Å²) in [6, 6.07) is 7.04. The van der Waals surface area contributed by atoms with Crippen LogP contribution in [0.1, 0.15) is 17.0 Å². The number of carbonyl (C=O) groups is 1. The van der Waals surface area contributed by atoms with E-state index in [-0.39, 0.29) is 43.8 Å². The molecule has 0 amide bonds. The summed E-state index contributed by atoms with van der Waals surface area (Å²) in [6.07, 6.45) is 0. The maximum absolute atomic E-state index is 12.8. The number of anilines is 1. The highest BCUT2D eigenvalue weighted by atomic mass is 16.7. The Balaban J connectivity index is 1.78. The van der Waals surface area contributed by atoms with Gasteiger partial charge in [-0.3, -0.25) is 0 Å². The van der Waals surface area contributed by atoms with E-state index in [0.29, 0.717) is 28.3 Å². The van der Waals surface area contributed by atoms with E-state index in [0.717, 1.165) is 11.3 Å². The van der Waals surface area contributed by atoms with Gasteiger partial charge in [0.2, 0.25) is 12.5 Å². The minimum atomic E-state index is -0.521. The Kier molecular flexibility index (Phi) is 4.55. The number of hydrogen-bond donors (Lipinski definition) is 2. The quantitative estimate of drug-likeness (QED) is 0.692. The molecule has 0 bridgehead atoms. The molecule has 31 heavy (non-hydrogen) atoms. The zero-order chi connectivity index (χ0) is 21.7. The molecule has 3 aliphatic heterocycles. The number of phenolic OH excluding ortho intramolecular Hbond substituents is 1. The predicted octanol–water partition coefficient (Wildman–Crippen LogP) is 1.89. The van der Waals surface area contributed by atoms with E-state index >= 15 is 0 Å². The van der Waals surface area contributed by atoms with Crippen molar-refractivity contribution in [3.05, 3.63) is 46.7 Å². The van der Waals surface area contributed by atoms with Gasteiger partial charge in [-0.2, -0.15) is 0 Å². The first-order valence-electron chi connectivity index (χ1n) is 9.74. The molecular weight excluding hydrogens is 406 g/mol. The van der Waals surface area contributed by atoms with Gasteiger partial charge in [0.1, 0.15) is 6.61 Å². The molecule has 2 N–H and O–H groups in total. The van der Waals surface area contributed by atoms with Crippen LogP contribution in [0.25, 0.3) is 0 Å². The number of carbonyl (C=O) groups excluding carboxylic acids is 1. The molecule has 9 heteroatoms. The molecule has 0 radical (unpaired) electrons. The molecule has 3 aliphatic rings. The normalized spacial score (nSPS) is 18.6. The van der Waals surface area contributed by atoms with Crippen molar-refractivity contribution in [3.8, 4) is 28.7 Å². The second kappa shape index (κ2) is 7.28. The minimum Gasteiger partial charge on any atom is -0.502 e. The Labute approximate surface area is 178 Å². The second-order valence-electron chi connectivity index (χ2n) is 7.28. The molecule has 9 nitrogen and oxygen atoms in total. The molecule has 2 aromatic carbocycles. The number of benzene rings is 2. The van der Waals surface area contributed by atoms with Crippen LogP contribution in [-0.2, 0) is 9.53 Å². The summed E-state index contributed by atoms with van der Waals surface area (Å²) in [4.78, 5) is 14.7. The lowest BCUT2D eigenvalue weighted by atomic mass is 9.80. The zero-order valence-electron chi connectivity index (χ0n) is 17.0. The van der Waals surface area contributed by atoms with Gasteiger partial charge in [-0.05, 0) is 29.3 Å². The molecule has 3 heterocycles. The van der Waals surface area contributed by atoms with Gasteiger partial charge >= 0.3 is 5.97 Å². The lowest BCUT2D eigenvalue weighted by molar-refractivity contribution is -0.136. The zero-order valence-corrected chi connectivity index (χ0v) is 17.0. The lowest BCUT2D eigenvalue weighted by Gasteiger charge is -2.35. The molecule has 0 aliphatic carbocycles. The van der Waals surface area contributed by atoms with E-state index in [1.807, 2.05) is 17.0 Å². The summed E-state index contributed by atoms with van der Waals surface area (Å²) < 4.78 is 27.2. The smallest absolute Gasteiger partial charge is 0.337 e. The van der Waals surface area contributed by atoms with Crippen LogP contribution in [0, 0.1) is 0 Å². The number of phenols is 1. The summed E-state index contributed by atoms with van der Waals surface area (Å²) in [5.74, 6) is 0.535. The summed E-state index contributed by atoms with van der Waals surface area (Å²) >= 11 is 0. The fourth-order valence-corrected chi connectivity index (χ4v) is 4.41. The molecule has 0 spiro atoms. The topological polar surface area (TPSA) is 107 Å². The van der Waals surface area contributed by atoms with Crippen LogP contribution in [0.15, 0.2) is 35.5 Å². The fourth-order valence-electron chi connectivity index (χ4n) is 4.41. The first kappa shape index (κ1) is 19.4. The third-order valence-electron chi connectivity index (χ3n) is 5.77. The van der Waals surface area contributed by atoms with Crippen LogP contribution in [0.5, 0.6) is 28.7 Å². The van der Waals surface area contributed by atoms with Gasteiger partial charge in [-0.1, -0.05) is 0 Å². The maximum atomic E-state index is 12.8. The standard InChI is InChI=1S/C22H21NO8/c1-27-17-5-11(6-18(28-2)21(17)25)19-12-7-15-16(31-10-30-15)8-13(12)23(3-4-24)14-9-29-22(26)20(14)19/h5-8,19,24-25H,3-4,9-10H2,1-2H3. The molecule has 5 rings (SSSR count). The van der Waals surface area contributed by atoms with Crippen molar-refractivity contribution < 1.29 is 38.7 Å². The van der Waals surface area contributed by atoms with Crippen LogP contribution < -0.4 is 23.8 Å². The van der Waals surface area contributed by atoms with Gasteiger partial charge < -0.3 is 38.8 Å². The summed E-state index contributed by atoms with van der Waals surface area (Å²) in [5, 5.41) is 20.0. The Morgan fingerprint density at radius 1 is 1.06 bits per heavy atom. The van der Waals surface area contributed by atoms with Gasteiger partial charge in [-0.15, -0.1) is 0 Å². The minimum absolute atomic E-state index is 0.102. The summed E-state index contributed by atoms with van der Waals surface area (Å²) in [5.41, 5.74) is 3.40. The number of aliphatic hydroxyl groups excluding tert-OH is 1. The lowest BCUT2D eigenvalue weighted by Crippen LogP contribution is -2.33. The molecule has 0 fully saturated rings. The van der Waals surface area contributed by atoms with Crippen LogP contribution in [0.4, 0.5) is 5.69 Å². The Morgan fingerprint density at radius 2 is 1.74 bits per heavy atom. The second-order valence-corrected chi connectivity index (χ2v) is 7.28. The number of aliphatic hydroxyl groups is 1. The molecule has 2 aromatic rings. The van der Waals surface area contributed by atoms with E-state index < -0.39 is 11.9 Å². The van der Waals surface area contributed by atoms with Crippen molar-refractivity contribution in [3.63, 3.8) is 0 Å². The number of hydrogen-bond acceptors (Lipinski definition) is 9. The SMILES string of the molecule is COc1cc(C2C3=C(COC3=O)N(CCO)c3cc4c(cc32)OCO4)cc(OC)c1O. The third kappa shape index (κ3) is 2.84. The van der Waals surface area contributed by atoms with Crippen molar-refractivity contribution in [1.29, 1.82) is 0 Å². The van der Waals surface area contributed by atoms with Gasteiger partial charge in [0, 0.05) is 24.2 Å². The number of rotatable bonds is 5. The number of ether oxygens (including phenoxy) is 5. The van der Waals surface area contributed by atoms with Gasteiger partial charge in [0.25, 0.3) is 0 Å². The van der Waals surface area contributed by atoms with Crippen LogP contribution in [0.2, 0.25) is 0 Å². The highest BCUT2D eigenvalue weighted by Gasteiger charge is 2.43. The van der Waals surface area contributed by atoms with Crippen LogP contribution >= 0.6 is 0 Å². The van der Waals surface area contributed by atoms with E-state index in [4.69, 9.17) is 23.7 Å². The van der Waals surface area contributed by atoms with Crippen LogP contribution in [-0.4, -0.2) is 57.0 Å². The van der Waals surface area contributed by atoms with E-state index in [9.17, 15) is 15.0 Å². The average Bonchev–Trinajstić information content (AvgIpc) is 3.39. The van der Waals surface area contributed by atoms with Crippen LogP contribution in [0.3, 0.4) is 0 Å². The maximum Gasteiger partial charge on any atom is 0.337 e. The van der Waals surface area contributed by atoms with Gasteiger partial charge in [-0.25, -0.2) is 4.79 Å². The molecule has 1 atom stereocenters. The van der Waals surface area contributed by atoms with Gasteiger partial charge in [0.05, 0.1) is 32.1 Å². The van der Waals surface area contributed by atoms with Crippen molar-refractivity contribution in [2.45, 2.75) is 5.92 Å². The first-order valence-corrected chi connectivity index (χ1v) is 9.74. The molecule has 1 unspecified atom stereocenters. The molecule has 0 saturated heterocycles. The summed E-state index contributed by atoms with van der Waals surface area (Å²) in [6.45, 7) is 0.394. The molecular formula is C22H21NO8. The number of aromatic hydroxyl groups is 1. The monoisotopic (exact) mass is 427 g/mol. The number of β-amino-alcohol motifs (C(OH)–C–C–N with tert-alkyl or cyclic N) is 1. The van der Waals surface area contributed by atoms with Crippen molar-refractivity contribution >= 4 is 11.7 Å². The third-order valence-corrected chi connectivity index (χ3v) is 5.77. The highest BCUT2D eigenvalue weighted by Crippen LogP contribution is 2.52. The Bertz CT molecular complexity index is 1080. The van der Waals surface area contributed by atoms with Gasteiger partial charge in [0.15, 0.2) is 23.0 Å².